The molecule has 1 saturated heterocycles. The fraction of sp³-hybridized carbons (Fsp3) is 0.929. The molecule has 4 heteroatoms. The Morgan fingerprint density at radius 3 is 2.89 bits per heavy atom. The third-order valence-corrected chi connectivity index (χ3v) is 3.76. The van der Waals surface area contributed by atoms with Crippen LogP contribution in [-0.4, -0.2) is 49.6 Å². The summed E-state index contributed by atoms with van der Waals surface area (Å²) in [5, 5.41) is 6.52. The molecule has 1 heterocycles. The Morgan fingerprint density at radius 1 is 1.39 bits per heavy atom. The van der Waals surface area contributed by atoms with Crippen LogP contribution in [0.5, 0.6) is 0 Å². The summed E-state index contributed by atoms with van der Waals surface area (Å²) < 4.78 is 0. The van der Waals surface area contributed by atoms with Crippen molar-refractivity contribution < 1.29 is 4.79 Å². The number of carbonyl (C=O) groups excluding carboxylic acids is 1. The zero-order valence-electron chi connectivity index (χ0n) is 12.2. The topological polar surface area (TPSA) is 44.4 Å². The number of likely N-dealkylation sites (tertiary alicyclic amines) is 1. The first kappa shape index (κ1) is 15.4. The van der Waals surface area contributed by atoms with Crippen molar-refractivity contribution >= 4 is 5.91 Å². The first-order valence-corrected chi connectivity index (χ1v) is 7.33. The minimum Gasteiger partial charge on any atom is -0.354 e. The third kappa shape index (κ3) is 6.36. The van der Waals surface area contributed by atoms with Crippen molar-refractivity contribution in [2.24, 2.45) is 0 Å². The number of hydrogen-bond acceptors (Lipinski definition) is 3. The lowest BCUT2D eigenvalue weighted by molar-refractivity contribution is -0.121. The summed E-state index contributed by atoms with van der Waals surface area (Å²) in [6.45, 7) is 7.30. The quantitative estimate of drug-likeness (QED) is 0.753. The Morgan fingerprint density at radius 2 is 2.17 bits per heavy atom. The lowest BCUT2D eigenvalue weighted by Crippen LogP contribution is -2.36. The summed E-state index contributed by atoms with van der Waals surface area (Å²) >= 11 is 0. The van der Waals surface area contributed by atoms with E-state index < -0.39 is 0 Å². The molecule has 1 fully saturated rings. The molecule has 2 atom stereocenters. The molecular formula is C14H29N3O. The number of nitrogens with zero attached hydrogens (tertiary/aromatic N) is 1. The van der Waals surface area contributed by atoms with E-state index in [9.17, 15) is 4.79 Å². The second-order valence-electron chi connectivity index (χ2n) is 5.51. The number of rotatable bonds is 6. The van der Waals surface area contributed by atoms with Crippen LogP contribution in [-0.2, 0) is 4.79 Å². The van der Waals surface area contributed by atoms with Gasteiger partial charge in [0.2, 0.25) is 5.91 Å². The third-order valence-electron chi connectivity index (χ3n) is 3.76. The van der Waals surface area contributed by atoms with Crippen molar-refractivity contribution in [3.63, 3.8) is 0 Å². The van der Waals surface area contributed by atoms with Gasteiger partial charge in [-0.25, -0.2) is 0 Å². The second-order valence-corrected chi connectivity index (χ2v) is 5.51. The lowest BCUT2D eigenvalue weighted by Gasteiger charge is -2.17. The fourth-order valence-electron chi connectivity index (χ4n) is 2.28. The van der Waals surface area contributed by atoms with E-state index in [1.165, 1.54) is 25.8 Å². The molecule has 18 heavy (non-hydrogen) atoms. The number of nitrogens with one attached hydrogen (secondary N) is 2. The van der Waals surface area contributed by atoms with E-state index in [-0.39, 0.29) is 5.91 Å². The van der Waals surface area contributed by atoms with Gasteiger partial charge < -0.3 is 15.5 Å². The Labute approximate surface area is 111 Å². The summed E-state index contributed by atoms with van der Waals surface area (Å²) in [5.41, 5.74) is 0. The summed E-state index contributed by atoms with van der Waals surface area (Å²) in [6, 6.07) is 0.885. The van der Waals surface area contributed by atoms with E-state index in [1.54, 1.807) is 0 Å². The Kier molecular flexibility index (Phi) is 7.28. The van der Waals surface area contributed by atoms with Crippen LogP contribution in [0.3, 0.4) is 0 Å². The number of hydrogen-bond donors (Lipinski definition) is 2. The molecule has 1 aliphatic heterocycles. The summed E-state index contributed by atoms with van der Waals surface area (Å²) in [6.07, 6.45) is 5.28. The molecule has 1 aliphatic rings. The highest BCUT2D eigenvalue weighted by Crippen LogP contribution is 2.09. The van der Waals surface area contributed by atoms with Gasteiger partial charge in [0, 0.05) is 25.0 Å². The molecule has 2 unspecified atom stereocenters. The van der Waals surface area contributed by atoms with Crippen molar-refractivity contribution in [3.8, 4) is 0 Å². The molecule has 0 bridgehead atoms. The molecule has 0 aliphatic carbocycles. The summed E-state index contributed by atoms with van der Waals surface area (Å²) in [7, 11) is 2.18. The highest BCUT2D eigenvalue weighted by Gasteiger charge is 2.14. The zero-order valence-corrected chi connectivity index (χ0v) is 12.2. The molecule has 0 aromatic heterocycles. The van der Waals surface area contributed by atoms with E-state index in [0.29, 0.717) is 18.5 Å². The van der Waals surface area contributed by atoms with E-state index in [0.717, 1.165) is 19.5 Å². The van der Waals surface area contributed by atoms with Crippen LogP contribution >= 0.6 is 0 Å². The molecular weight excluding hydrogens is 226 g/mol. The highest BCUT2D eigenvalue weighted by atomic mass is 16.1. The minimum absolute atomic E-state index is 0.169. The molecule has 1 amide bonds. The molecule has 0 radical (unpaired) electrons. The Hall–Kier alpha value is -0.610. The van der Waals surface area contributed by atoms with Crippen molar-refractivity contribution in [1.29, 1.82) is 0 Å². The van der Waals surface area contributed by atoms with Crippen molar-refractivity contribution in [2.45, 2.75) is 58.0 Å². The molecule has 0 aromatic rings. The number of carbonyl (C=O) groups is 1. The van der Waals surface area contributed by atoms with E-state index in [1.807, 2.05) is 6.92 Å². The standard InChI is InChI=1S/C14H29N3O/c1-4-12(2)16-14(18)7-9-15-13-6-5-10-17(3)11-8-13/h12-13,15H,4-11H2,1-3H3,(H,16,18). The van der Waals surface area contributed by atoms with Crippen LogP contribution in [0.2, 0.25) is 0 Å². The predicted octanol–water partition coefficient (Wildman–Crippen LogP) is 1.37. The van der Waals surface area contributed by atoms with Crippen LogP contribution in [0.15, 0.2) is 0 Å². The zero-order chi connectivity index (χ0) is 13.4. The fourth-order valence-corrected chi connectivity index (χ4v) is 2.28. The Balaban J connectivity index is 2.11. The maximum atomic E-state index is 11.6. The van der Waals surface area contributed by atoms with Gasteiger partial charge in [-0.05, 0) is 52.7 Å². The van der Waals surface area contributed by atoms with E-state index >= 15 is 0 Å². The van der Waals surface area contributed by atoms with Crippen LogP contribution in [0.4, 0.5) is 0 Å². The minimum atomic E-state index is 0.169. The van der Waals surface area contributed by atoms with E-state index in [2.05, 4.69) is 29.5 Å². The molecule has 4 nitrogen and oxygen atoms in total. The first-order valence-electron chi connectivity index (χ1n) is 7.33. The summed E-state index contributed by atoms with van der Waals surface area (Å²) in [4.78, 5) is 14.0. The van der Waals surface area contributed by atoms with Crippen LogP contribution in [0.1, 0.15) is 46.0 Å². The van der Waals surface area contributed by atoms with Gasteiger partial charge in [0.25, 0.3) is 0 Å². The van der Waals surface area contributed by atoms with Gasteiger partial charge in [0.1, 0.15) is 0 Å². The maximum Gasteiger partial charge on any atom is 0.221 e. The average Bonchev–Trinajstić information content (AvgIpc) is 2.54. The van der Waals surface area contributed by atoms with Gasteiger partial charge in [0.15, 0.2) is 0 Å². The first-order chi connectivity index (χ1) is 8.61. The van der Waals surface area contributed by atoms with Gasteiger partial charge in [0.05, 0.1) is 0 Å². The summed E-state index contributed by atoms with van der Waals surface area (Å²) in [5.74, 6) is 0.169. The molecule has 106 valence electrons. The van der Waals surface area contributed by atoms with Crippen LogP contribution in [0.25, 0.3) is 0 Å². The highest BCUT2D eigenvalue weighted by molar-refractivity contribution is 5.76. The molecule has 0 spiro atoms. The normalized spacial score (nSPS) is 23.4. The van der Waals surface area contributed by atoms with Gasteiger partial charge >= 0.3 is 0 Å². The van der Waals surface area contributed by atoms with Crippen LogP contribution in [0, 0.1) is 0 Å². The Bertz CT molecular complexity index is 245. The van der Waals surface area contributed by atoms with Crippen molar-refractivity contribution in [1.82, 2.24) is 15.5 Å². The SMILES string of the molecule is CCC(C)NC(=O)CCNC1CCCN(C)CC1. The maximum absolute atomic E-state index is 11.6. The van der Waals surface area contributed by atoms with Gasteiger partial charge in [-0.2, -0.15) is 0 Å². The lowest BCUT2D eigenvalue weighted by atomic mass is 10.1. The second kappa shape index (κ2) is 8.48. The predicted molar refractivity (Wildman–Crippen MR) is 75.7 cm³/mol. The van der Waals surface area contributed by atoms with E-state index in [4.69, 9.17) is 0 Å². The number of amides is 1. The van der Waals surface area contributed by atoms with Crippen molar-refractivity contribution in [2.75, 3.05) is 26.7 Å². The van der Waals surface area contributed by atoms with Gasteiger partial charge in [-0.15, -0.1) is 0 Å². The average molecular weight is 255 g/mol. The molecule has 0 aromatic carbocycles. The van der Waals surface area contributed by atoms with Gasteiger partial charge in [-0.3, -0.25) is 4.79 Å². The molecule has 2 N–H and O–H groups in total. The van der Waals surface area contributed by atoms with Crippen LogP contribution < -0.4 is 10.6 Å². The molecule has 1 rings (SSSR count). The van der Waals surface area contributed by atoms with Crippen molar-refractivity contribution in [3.05, 3.63) is 0 Å². The molecule has 0 saturated carbocycles. The smallest absolute Gasteiger partial charge is 0.221 e. The van der Waals surface area contributed by atoms with Gasteiger partial charge in [-0.1, -0.05) is 6.92 Å². The monoisotopic (exact) mass is 255 g/mol. The largest absolute Gasteiger partial charge is 0.354 e.